The summed E-state index contributed by atoms with van der Waals surface area (Å²) in [7, 11) is 0. The summed E-state index contributed by atoms with van der Waals surface area (Å²) in [5.74, 6) is 0.618. The molecule has 2 aliphatic rings. The number of ether oxygens (including phenoxy) is 1. The number of aromatic nitrogens is 3. The van der Waals surface area contributed by atoms with Crippen molar-refractivity contribution in [3.8, 4) is 0 Å². The predicted octanol–water partition coefficient (Wildman–Crippen LogP) is 1.74. The minimum atomic E-state index is -0.338. The number of hydrogen-bond donors (Lipinski definition) is 1. The summed E-state index contributed by atoms with van der Waals surface area (Å²) in [4.78, 5) is 28.2. The van der Waals surface area contributed by atoms with Gasteiger partial charge in [0, 0.05) is 49.1 Å². The quantitative estimate of drug-likeness (QED) is 0.718. The number of morpholine rings is 1. The second-order valence-corrected chi connectivity index (χ2v) is 7.24. The second kappa shape index (κ2) is 7.29. The van der Waals surface area contributed by atoms with Crippen LogP contribution in [0.4, 0.5) is 11.5 Å². The van der Waals surface area contributed by atoms with E-state index >= 15 is 0 Å². The van der Waals surface area contributed by atoms with Crippen LogP contribution in [0.25, 0.3) is 10.9 Å². The Morgan fingerprint density at radius 1 is 1.17 bits per heavy atom. The summed E-state index contributed by atoms with van der Waals surface area (Å²) in [6, 6.07) is 9.83. The van der Waals surface area contributed by atoms with Gasteiger partial charge in [-0.25, -0.2) is 4.98 Å². The van der Waals surface area contributed by atoms with Gasteiger partial charge < -0.3 is 15.0 Å². The number of anilines is 2. The molecule has 29 heavy (non-hydrogen) atoms. The molecule has 2 aromatic heterocycles. The van der Waals surface area contributed by atoms with Crippen LogP contribution in [0.1, 0.15) is 16.1 Å². The van der Waals surface area contributed by atoms with Gasteiger partial charge in [0.05, 0.1) is 24.3 Å². The largest absolute Gasteiger partial charge is 0.378 e. The Morgan fingerprint density at radius 2 is 2.03 bits per heavy atom. The molecule has 8 heteroatoms. The third-order valence-corrected chi connectivity index (χ3v) is 5.33. The van der Waals surface area contributed by atoms with Crippen molar-refractivity contribution < 1.29 is 9.53 Å². The summed E-state index contributed by atoms with van der Waals surface area (Å²) in [6.07, 6.45) is 1.56. The molecule has 1 N–H and O–H groups in total. The van der Waals surface area contributed by atoms with Crippen molar-refractivity contribution in [3.05, 3.63) is 53.4 Å². The van der Waals surface area contributed by atoms with E-state index in [1.54, 1.807) is 12.3 Å². The molecule has 0 spiro atoms. The monoisotopic (exact) mass is 390 g/mol. The second-order valence-electron chi connectivity index (χ2n) is 7.24. The standard InChI is InChI=1S/C21H22N6O2/c1-14-2-3-15(13-23-14)20(28)25-21-24-18-12-16(26-8-10-29-11-9-26)4-5-17(18)19-22-6-7-27(19)21/h2-5,12-13,22H,6-11H2,1H3. The van der Waals surface area contributed by atoms with Crippen LogP contribution in [0.3, 0.4) is 0 Å². The predicted molar refractivity (Wildman–Crippen MR) is 110 cm³/mol. The summed E-state index contributed by atoms with van der Waals surface area (Å²) >= 11 is 0. The van der Waals surface area contributed by atoms with Gasteiger partial charge in [-0.1, -0.05) is 0 Å². The number of amides is 1. The molecule has 0 atom stereocenters. The van der Waals surface area contributed by atoms with Crippen LogP contribution in [0.2, 0.25) is 0 Å². The van der Waals surface area contributed by atoms with Gasteiger partial charge in [-0.15, -0.1) is 0 Å². The lowest BCUT2D eigenvalue weighted by Gasteiger charge is -2.29. The van der Waals surface area contributed by atoms with Crippen molar-refractivity contribution in [2.45, 2.75) is 13.5 Å². The van der Waals surface area contributed by atoms with Gasteiger partial charge in [-0.3, -0.25) is 14.3 Å². The molecule has 148 valence electrons. The van der Waals surface area contributed by atoms with Gasteiger partial charge in [0.1, 0.15) is 5.82 Å². The summed E-state index contributed by atoms with van der Waals surface area (Å²) < 4.78 is 7.42. The van der Waals surface area contributed by atoms with Crippen LogP contribution in [-0.4, -0.2) is 53.3 Å². The highest BCUT2D eigenvalue weighted by atomic mass is 16.5. The molecule has 1 amide bonds. The maximum Gasteiger partial charge on any atom is 0.281 e. The lowest BCUT2D eigenvalue weighted by atomic mass is 10.2. The molecule has 1 fully saturated rings. The Balaban J connectivity index is 1.61. The normalized spacial score (nSPS) is 16.7. The number of pyridine rings is 1. The minimum Gasteiger partial charge on any atom is -0.378 e. The van der Waals surface area contributed by atoms with E-state index in [-0.39, 0.29) is 5.91 Å². The van der Waals surface area contributed by atoms with Crippen LogP contribution in [0.15, 0.2) is 41.5 Å². The molecule has 0 unspecified atom stereocenters. The van der Waals surface area contributed by atoms with Gasteiger partial charge in [0.25, 0.3) is 5.91 Å². The molecule has 0 bridgehead atoms. The Hall–Kier alpha value is -3.26. The first kappa shape index (κ1) is 17.8. The maximum atomic E-state index is 12.7. The number of rotatable bonds is 2. The van der Waals surface area contributed by atoms with E-state index in [2.05, 4.69) is 38.4 Å². The smallest absolute Gasteiger partial charge is 0.281 e. The van der Waals surface area contributed by atoms with Crippen molar-refractivity contribution in [3.63, 3.8) is 0 Å². The molecule has 0 radical (unpaired) electrons. The van der Waals surface area contributed by atoms with Gasteiger partial charge >= 0.3 is 0 Å². The molecule has 0 saturated carbocycles. The highest BCUT2D eigenvalue weighted by Gasteiger charge is 2.18. The maximum absolute atomic E-state index is 12.7. The van der Waals surface area contributed by atoms with Crippen molar-refractivity contribution in [2.24, 2.45) is 4.99 Å². The SMILES string of the molecule is Cc1ccc(C(=O)N=c2nc3cc(N4CCOCC4)ccc3c3n2CCN3)cn1. The number of nitrogens with zero attached hydrogens (tertiary/aromatic N) is 5. The topological polar surface area (TPSA) is 84.6 Å². The van der Waals surface area contributed by atoms with Crippen molar-refractivity contribution in [2.75, 3.05) is 43.1 Å². The van der Waals surface area contributed by atoms with Crippen LogP contribution < -0.4 is 15.8 Å². The Kier molecular flexibility index (Phi) is 4.48. The van der Waals surface area contributed by atoms with Crippen LogP contribution in [0.5, 0.6) is 0 Å². The molecule has 1 aromatic carbocycles. The molecule has 1 saturated heterocycles. The average Bonchev–Trinajstić information content (AvgIpc) is 3.25. The zero-order valence-corrected chi connectivity index (χ0v) is 16.3. The number of carbonyl (C=O) groups is 1. The number of nitrogens with one attached hydrogen (secondary N) is 1. The van der Waals surface area contributed by atoms with Gasteiger partial charge in [-0.2, -0.15) is 4.99 Å². The molecular weight excluding hydrogens is 368 g/mol. The van der Waals surface area contributed by atoms with Gasteiger partial charge in [0.2, 0.25) is 5.62 Å². The summed E-state index contributed by atoms with van der Waals surface area (Å²) in [5, 5.41) is 4.44. The minimum absolute atomic E-state index is 0.338. The third-order valence-electron chi connectivity index (χ3n) is 5.33. The summed E-state index contributed by atoms with van der Waals surface area (Å²) in [5.41, 5.74) is 3.67. The van der Waals surface area contributed by atoms with Gasteiger partial charge in [-0.05, 0) is 37.3 Å². The molecule has 3 aromatic rings. The molecular formula is C21H22N6O2. The summed E-state index contributed by atoms with van der Waals surface area (Å²) in [6.45, 7) is 6.58. The number of fused-ring (bicyclic) bond motifs is 3. The fourth-order valence-corrected chi connectivity index (χ4v) is 3.77. The molecule has 0 aliphatic carbocycles. The van der Waals surface area contributed by atoms with E-state index in [9.17, 15) is 4.79 Å². The Labute approximate surface area is 167 Å². The van der Waals surface area contributed by atoms with E-state index in [4.69, 9.17) is 9.72 Å². The Morgan fingerprint density at radius 3 is 2.83 bits per heavy atom. The number of carbonyl (C=O) groups excluding carboxylic acids is 1. The lowest BCUT2D eigenvalue weighted by Crippen LogP contribution is -2.36. The molecule has 8 nitrogen and oxygen atoms in total. The first-order valence-electron chi connectivity index (χ1n) is 9.82. The highest BCUT2D eigenvalue weighted by molar-refractivity contribution is 5.95. The Bertz CT molecular complexity index is 1150. The first-order valence-corrected chi connectivity index (χ1v) is 9.82. The molecule has 2 aliphatic heterocycles. The van der Waals surface area contributed by atoms with E-state index in [1.807, 2.05) is 17.6 Å². The zero-order chi connectivity index (χ0) is 19.8. The number of hydrogen-bond acceptors (Lipinski definition) is 6. The van der Waals surface area contributed by atoms with E-state index in [0.717, 1.165) is 67.5 Å². The fraction of sp³-hybridized carbons (Fsp3) is 0.333. The van der Waals surface area contributed by atoms with Crippen molar-refractivity contribution >= 4 is 28.3 Å². The van der Waals surface area contributed by atoms with Crippen LogP contribution >= 0.6 is 0 Å². The molecule has 4 heterocycles. The fourth-order valence-electron chi connectivity index (χ4n) is 3.77. The van der Waals surface area contributed by atoms with E-state index in [1.165, 1.54) is 0 Å². The zero-order valence-electron chi connectivity index (χ0n) is 16.3. The van der Waals surface area contributed by atoms with E-state index in [0.29, 0.717) is 11.2 Å². The lowest BCUT2D eigenvalue weighted by molar-refractivity contribution is 0.0996. The van der Waals surface area contributed by atoms with Gasteiger partial charge in [0.15, 0.2) is 0 Å². The third kappa shape index (κ3) is 3.36. The van der Waals surface area contributed by atoms with Crippen LogP contribution in [0, 0.1) is 6.92 Å². The molecule has 5 rings (SSSR count). The first-order chi connectivity index (χ1) is 14.2. The number of benzene rings is 1. The van der Waals surface area contributed by atoms with Crippen molar-refractivity contribution in [1.82, 2.24) is 14.5 Å². The van der Waals surface area contributed by atoms with Crippen molar-refractivity contribution in [1.29, 1.82) is 0 Å². The highest BCUT2D eigenvalue weighted by Crippen LogP contribution is 2.27. The average molecular weight is 390 g/mol. The number of aryl methyl sites for hydroxylation is 1. The van der Waals surface area contributed by atoms with Crippen LogP contribution in [-0.2, 0) is 11.3 Å². The van der Waals surface area contributed by atoms with E-state index < -0.39 is 0 Å².